The number of hydrogen-bond acceptors (Lipinski definition) is 6. The van der Waals surface area contributed by atoms with Crippen molar-refractivity contribution in [3.8, 4) is 5.75 Å². The van der Waals surface area contributed by atoms with Gasteiger partial charge in [-0.3, -0.25) is 10.1 Å². The summed E-state index contributed by atoms with van der Waals surface area (Å²) >= 11 is 0. The molecule has 7 nitrogen and oxygen atoms in total. The maximum Gasteiger partial charge on any atom is 0.416 e. The van der Waals surface area contributed by atoms with Crippen LogP contribution in [0.2, 0.25) is 0 Å². The number of benzene rings is 2. The molecule has 0 unspecified atom stereocenters. The number of nitro benzene ring substituents is 1. The highest BCUT2D eigenvalue weighted by Gasteiger charge is 2.30. The van der Waals surface area contributed by atoms with Gasteiger partial charge in [0.1, 0.15) is 0 Å². The Morgan fingerprint density at radius 1 is 1.11 bits per heavy atom. The molecular weight excluding hydrogens is 383 g/mol. The fourth-order valence-electron chi connectivity index (χ4n) is 2.54. The number of carbonyl (C=O) groups is 1. The predicted molar refractivity (Wildman–Crippen MR) is 88.8 cm³/mol. The van der Waals surface area contributed by atoms with Gasteiger partial charge in [0.15, 0.2) is 6.29 Å². The Kier molecular flexibility index (Phi) is 5.61. The molecule has 2 aromatic carbocycles. The minimum absolute atomic E-state index is 0.176. The van der Waals surface area contributed by atoms with Crippen molar-refractivity contribution in [3.63, 3.8) is 0 Å². The number of ether oxygens (including phenoxy) is 3. The number of hydrogen-bond donors (Lipinski definition) is 0. The first-order chi connectivity index (χ1) is 13.3. The molecule has 0 aromatic heterocycles. The molecule has 1 aliphatic heterocycles. The lowest BCUT2D eigenvalue weighted by Crippen LogP contribution is -2.18. The van der Waals surface area contributed by atoms with E-state index in [9.17, 15) is 28.1 Å². The van der Waals surface area contributed by atoms with Gasteiger partial charge in [0, 0.05) is 11.6 Å². The van der Waals surface area contributed by atoms with E-state index in [0.717, 1.165) is 24.3 Å². The first kappa shape index (κ1) is 19.8. The monoisotopic (exact) mass is 397 g/mol. The molecule has 28 heavy (non-hydrogen) atoms. The Morgan fingerprint density at radius 2 is 1.75 bits per heavy atom. The van der Waals surface area contributed by atoms with E-state index in [1.54, 1.807) is 0 Å². The van der Waals surface area contributed by atoms with E-state index in [1.807, 2.05) is 0 Å². The van der Waals surface area contributed by atoms with Gasteiger partial charge in [-0.2, -0.15) is 13.2 Å². The molecule has 1 fully saturated rings. The number of nitrogens with zero attached hydrogens (tertiary/aromatic N) is 1. The minimum atomic E-state index is -4.54. The van der Waals surface area contributed by atoms with Gasteiger partial charge in [-0.25, -0.2) is 4.79 Å². The van der Waals surface area contributed by atoms with Crippen LogP contribution in [-0.4, -0.2) is 24.1 Å². The molecule has 1 aliphatic rings. The molecule has 1 heterocycles. The molecule has 2 aromatic rings. The van der Waals surface area contributed by atoms with Gasteiger partial charge in [0.05, 0.1) is 29.3 Å². The molecule has 10 heteroatoms. The Labute approximate surface area is 156 Å². The van der Waals surface area contributed by atoms with Gasteiger partial charge in [0.2, 0.25) is 5.75 Å². The van der Waals surface area contributed by atoms with Gasteiger partial charge in [-0.1, -0.05) is 0 Å². The standard InChI is InChI=1S/C18H14F3NO6/c19-18(20,21)13-5-2-11(3-6-13)16(23)28-15-7-4-12(10-14(15)22(24)25)17-26-8-1-9-27-17/h2-7,10,17H,1,8-9H2. The molecular formula is C18H14F3NO6. The summed E-state index contributed by atoms with van der Waals surface area (Å²) in [5.41, 5.74) is -1.20. The van der Waals surface area contributed by atoms with Crippen LogP contribution in [0.5, 0.6) is 5.75 Å². The van der Waals surface area contributed by atoms with E-state index >= 15 is 0 Å². The van der Waals surface area contributed by atoms with Crippen LogP contribution < -0.4 is 4.74 Å². The first-order valence-corrected chi connectivity index (χ1v) is 8.16. The Hall–Kier alpha value is -2.98. The summed E-state index contributed by atoms with van der Waals surface area (Å²) < 4.78 is 53.6. The van der Waals surface area contributed by atoms with E-state index in [0.29, 0.717) is 25.2 Å². The molecule has 1 saturated heterocycles. The van der Waals surface area contributed by atoms with E-state index in [1.165, 1.54) is 18.2 Å². The smallest absolute Gasteiger partial charge is 0.416 e. The fraction of sp³-hybridized carbons (Fsp3) is 0.278. The van der Waals surface area contributed by atoms with Crippen molar-refractivity contribution < 1.29 is 37.1 Å². The van der Waals surface area contributed by atoms with Crippen molar-refractivity contribution in [1.29, 1.82) is 0 Å². The molecule has 0 N–H and O–H groups in total. The molecule has 0 bridgehead atoms. The lowest BCUT2D eigenvalue weighted by molar-refractivity contribution is -0.385. The summed E-state index contributed by atoms with van der Waals surface area (Å²) in [5.74, 6) is -1.36. The van der Waals surface area contributed by atoms with Crippen LogP contribution >= 0.6 is 0 Å². The number of nitro groups is 1. The first-order valence-electron chi connectivity index (χ1n) is 8.16. The van der Waals surface area contributed by atoms with Gasteiger partial charge >= 0.3 is 17.8 Å². The quantitative estimate of drug-likeness (QED) is 0.331. The number of rotatable bonds is 4. The lowest BCUT2D eigenvalue weighted by Gasteiger charge is -2.23. The second-order valence-electron chi connectivity index (χ2n) is 5.88. The van der Waals surface area contributed by atoms with Crippen molar-refractivity contribution in [2.24, 2.45) is 0 Å². The van der Waals surface area contributed by atoms with E-state index < -0.39 is 34.6 Å². The summed E-state index contributed by atoms with van der Waals surface area (Å²) in [6.45, 7) is 0.895. The van der Waals surface area contributed by atoms with Crippen LogP contribution in [-0.2, 0) is 15.7 Å². The fourth-order valence-corrected chi connectivity index (χ4v) is 2.54. The zero-order chi connectivity index (χ0) is 20.3. The van der Waals surface area contributed by atoms with Gasteiger partial charge in [-0.05, 0) is 42.8 Å². The van der Waals surface area contributed by atoms with Crippen molar-refractivity contribution >= 4 is 11.7 Å². The van der Waals surface area contributed by atoms with Crippen molar-refractivity contribution in [2.45, 2.75) is 18.9 Å². The second kappa shape index (κ2) is 7.95. The van der Waals surface area contributed by atoms with Crippen molar-refractivity contribution in [1.82, 2.24) is 0 Å². The molecule has 0 saturated carbocycles. The van der Waals surface area contributed by atoms with Crippen LogP contribution in [0.25, 0.3) is 0 Å². The molecule has 0 amide bonds. The topological polar surface area (TPSA) is 87.9 Å². The van der Waals surface area contributed by atoms with E-state index in [2.05, 4.69) is 0 Å². The predicted octanol–water partition coefficient (Wildman–Crippen LogP) is 4.27. The number of esters is 1. The molecule has 0 atom stereocenters. The van der Waals surface area contributed by atoms with Crippen LogP contribution in [0, 0.1) is 10.1 Å². The molecule has 0 aliphatic carbocycles. The zero-order valence-electron chi connectivity index (χ0n) is 14.3. The molecule has 0 radical (unpaired) electrons. The summed E-state index contributed by atoms with van der Waals surface area (Å²) in [4.78, 5) is 22.8. The third kappa shape index (κ3) is 4.46. The molecule has 0 spiro atoms. The Bertz CT molecular complexity index is 876. The summed E-state index contributed by atoms with van der Waals surface area (Å²) in [7, 11) is 0. The van der Waals surface area contributed by atoms with Crippen LogP contribution in [0.4, 0.5) is 18.9 Å². The molecule has 148 valence electrons. The Morgan fingerprint density at radius 3 is 2.32 bits per heavy atom. The zero-order valence-corrected chi connectivity index (χ0v) is 14.3. The second-order valence-corrected chi connectivity index (χ2v) is 5.88. The highest BCUT2D eigenvalue weighted by Crippen LogP contribution is 2.33. The molecule has 3 rings (SSSR count). The number of alkyl halides is 3. The summed E-state index contributed by atoms with van der Waals surface area (Å²) in [6.07, 6.45) is -4.59. The maximum atomic E-state index is 12.6. The number of carbonyl (C=O) groups excluding carboxylic acids is 1. The van der Waals surface area contributed by atoms with Gasteiger partial charge in [-0.15, -0.1) is 0 Å². The van der Waals surface area contributed by atoms with Gasteiger partial charge in [0.25, 0.3) is 0 Å². The number of halogens is 3. The third-order valence-corrected chi connectivity index (χ3v) is 3.93. The minimum Gasteiger partial charge on any atom is -0.416 e. The van der Waals surface area contributed by atoms with E-state index in [4.69, 9.17) is 14.2 Å². The Balaban J connectivity index is 1.80. The van der Waals surface area contributed by atoms with Gasteiger partial charge < -0.3 is 14.2 Å². The van der Waals surface area contributed by atoms with Crippen LogP contribution in [0.1, 0.15) is 34.2 Å². The average molecular weight is 397 g/mol. The normalized spacial score (nSPS) is 15.2. The summed E-state index contributed by atoms with van der Waals surface area (Å²) in [6, 6.07) is 7.18. The van der Waals surface area contributed by atoms with Crippen molar-refractivity contribution in [3.05, 3.63) is 69.3 Å². The van der Waals surface area contributed by atoms with Crippen LogP contribution in [0.3, 0.4) is 0 Å². The highest BCUT2D eigenvalue weighted by molar-refractivity contribution is 5.91. The van der Waals surface area contributed by atoms with Crippen molar-refractivity contribution in [2.75, 3.05) is 13.2 Å². The van der Waals surface area contributed by atoms with E-state index in [-0.39, 0.29) is 11.3 Å². The lowest BCUT2D eigenvalue weighted by atomic mass is 10.1. The highest BCUT2D eigenvalue weighted by atomic mass is 19.4. The third-order valence-electron chi connectivity index (χ3n) is 3.93. The maximum absolute atomic E-state index is 12.6. The average Bonchev–Trinajstić information content (AvgIpc) is 2.68. The SMILES string of the molecule is O=C(Oc1ccc(C2OCCCO2)cc1[N+](=O)[O-])c1ccc(C(F)(F)F)cc1. The summed E-state index contributed by atoms with van der Waals surface area (Å²) in [5, 5.41) is 11.3. The largest absolute Gasteiger partial charge is 0.416 e. The van der Waals surface area contributed by atoms with Crippen LogP contribution in [0.15, 0.2) is 42.5 Å².